The number of nitriles is 1. The number of rotatable bonds is 7. The van der Waals surface area contributed by atoms with Crippen molar-refractivity contribution in [2.75, 3.05) is 46.4 Å². The molecule has 1 aromatic rings. The molecular formula is C25H30FN3O3. The average Bonchev–Trinajstić information content (AvgIpc) is 3.20. The van der Waals surface area contributed by atoms with Crippen LogP contribution in [-0.2, 0) is 16.1 Å². The largest absolute Gasteiger partial charge is 0.500 e. The molecular weight excluding hydrogens is 409 g/mol. The molecule has 2 aliphatic heterocycles. The van der Waals surface area contributed by atoms with Crippen molar-refractivity contribution < 1.29 is 18.7 Å². The van der Waals surface area contributed by atoms with Crippen molar-refractivity contribution in [3.63, 3.8) is 0 Å². The van der Waals surface area contributed by atoms with E-state index in [1.54, 1.807) is 19.2 Å². The lowest BCUT2D eigenvalue weighted by molar-refractivity contribution is 0.0535. The van der Waals surface area contributed by atoms with E-state index < -0.39 is 6.17 Å². The summed E-state index contributed by atoms with van der Waals surface area (Å²) in [6.45, 7) is 6.92. The van der Waals surface area contributed by atoms with E-state index >= 15 is 4.39 Å². The summed E-state index contributed by atoms with van der Waals surface area (Å²) in [5.74, 6) is 0.258. The SMILES string of the molecule is COC1=CC(CCN2CCN(CC(F)c3ccc4c(c3C)COC4=O)CC2)=CC[C@@H]1C#N. The lowest BCUT2D eigenvalue weighted by Crippen LogP contribution is -2.47. The molecule has 170 valence electrons. The van der Waals surface area contributed by atoms with Crippen LogP contribution in [0.25, 0.3) is 0 Å². The zero-order chi connectivity index (χ0) is 22.7. The number of alkyl halides is 1. The molecule has 0 saturated carbocycles. The molecule has 0 aromatic heterocycles. The molecule has 1 aliphatic carbocycles. The Hall–Kier alpha value is -2.69. The summed E-state index contributed by atoms with van der Waals surface area (Å²) in [6.07, 6.45) is 4.68. The van der Waals surface area contributed by atoms with Crippen LogP contribution in [0.3, 0.4) is 0 Å². The second-order valence-corrected chi connectivity index (χ2v) is 8.69. The van der Waals surface area contributed by atoms with Crippen LogP contribution in [0.5, 0.6) is 0 Å². The third-order valence-corrected chi connectivity index (χ3v) is 6.82. The van der Waals surface area contributed by atoms with E-state index in [4.69, 9.17) is 9.47 Å². The number of allylic oxidation sites excluding steroid dienone is 3. The molecule has 1 fully saturated rings. The number of ether oxygens (including phenoxy) is 2. The van der Waals surface area contributed by atoms with Crippen LogP contribution in [0.4, 0.5) is 4.39 Å². The molecule has 0 radical (unpaired) electrons. The zero-order valence-corrected chi connectivity index (χ0v) is 18.8. The smallest absolute Gasteiger partial charge is 0.338 e. The Morgan fingerprint density at radius 1 is 1.28 bits per heavy atom. The molecule has 4 rings (SSSR count). The second-order valence-electron chi connectivity index (χ2n) is 8.69. The highest BCUT2D eigenvalue weighted by Crippen LogP contribution is 2.31. The first-order chi connectivity index (χ1) is 15.5. The number of benzene rings is 1. The summed E-state index contributed by atoms with van der Waals surface area (Å²) in [7, 11) is 1.62. The number of carbonyl (C=O) groups excluding carboxylic acids is 1. The number of hydrogen-bond acceptors (Lipinski definition) is 6. The normalized spacial score (nSPS) is 22.4. The van der Waals surface area contributed by atoms with Gasteiger partial charge < -0.3 is 14.4 Å². The Labute approximate surface area is 188 Å². The Morgan fingerprint density at radius 3 is 2.75 bits per heavy atom. The topological polar surface area (TPSA) is 65.8 Å². The maximum atomic E-state index is 15.1. The first kappa shape index (κ1) is 22.5. The summed E-state index contributed by atoms with van der Waals surface area (Å²) in [4.78, 5) is 16.3. The van der Waals surface area contributed by atoms with Gasteiger partial charge in [0.05, 0.1) is 18.7 Å². The van der Waals surface area contributed by atoms with Crippen LogP contribution in [0.1, 0.15) is 46.1 Å². The molecule has 7 heteroatoms. The summed E-state index contributed by atoms with van der Waals surface area (Å²) < 4.78 is 25.6. The molecule has 0 amide bonds. The molecule has 0 bridgehead atoms. The highest BCUT2D eigenvalue weighted by molar-refractivity contribution is 5.93. The van der Waals surface area contributed by atoms with Crippen LogP contribution >= 0.6 is 0 Å². The van der Waals surface area contributed by atoms with Crippen molar-refractivity contribution in [1.29, 1.82) is 5.26 Å². The van der Waals surface area contributed by atoms with Crippen LogP contribution in [0, 0.1) is 24.2 Å². The van der Waals surface area contributed by atoms with E-state index in [2.05, 4.69) is 21.9 Å². The quantitative estimate of drug-likeness (QED) is 0.604. The van der Waals surface area contributed by atoms with Gasteiger partial charge in [0.25, 0.3) is 0 Å². The molecule has 2 atom stereocenters. The third kappa shape index (κ3) is 4.72. The molecule has 6 nitrogen and oxygen atoms in total. The van der Waals surface area contributed by atoms with E-state index in [-0.39, 0.29) is 18.5 Å². The fourth-order valence-electron chi connectivity index (χ4n) is 4.73. The second kappa shape index (κ2) is 9.85. The first-order valence-electron chi connectivity index (χ1n) is 11.2. The highest BCUT2D eigenvalue weighted by atomic mass is 19.1. The van der Waals surface area contributed by atoms with Gasteiger partial charge in [-0.1, -0.05) is 12.1 Å². The molecule has 1 unspecified atom stereocenters. The van der Waals surface area contributed by atoms with Gasteiger partial charge in [-0.3, -0.25) is 4.90 Å². The lowest BCUT2D eigenvalue weighted by atomic mass is 9.94. The highest BCUT2D eigenvalue weighted by Gasteiger charge is 2.28. The van der Waals surface area contributed by atoms with Gasteiger partial charge in [-0.05, 0) is 48.6 Å². The van der Waals surface area contributed by atoms with E-state index in [0.717, 1.165) is 56.0 Å². The molecule has 3 aliphatic rings. The summed E-state index contributed by atoms with van der Waals surface area (Å²) in [5.41, 5.74) is 4.10. The number of cyclic esters (lactones) is 1. The van der Waals surface area contributed by atoms with Gasteiger partial charge in [-0.2, -0.15) is 5.26 Å². The standard InChI is InChI=1S/C25H30FN3O3/c1-17-20(5-6-21-22(17)16-32-25(21)30)23(26)15-29-11-9-28(10-12-29)8-7-18-3-4-19(14-27)24(13-18)31-2/h3,5-6,13,19,23H,4,7-12,15-16H2,1-2H3/t19-,23?/m1/s1. The number of nitrogens with zero attached hydrogens (tertiary/aromatic N) is 3. The number of fused-ring (bicyclic) bond motifs is 1. The zero-order valence-electron chi connectivity index (χ0n) is 18.8. The number of hydrogen-bond donors (Lipinski definition) is 0. The van der Waals surface area contributed by atoms with Gasteiger partial charge in [0.2, 0.25) is 0 Å². The molecule has 1 aromatic carbocycles. The fourth-order valence-corrected chi connectivity index (χ4v) is 4.73. The number of methoxy groups -OCH3 is 1. The van der Waals surface area contributed by atoms with Gasteiger partial charge in [0.1, 0.15) is 24.5 Å². The van der Waals surface area contributed by atoms with Gasteiger partial charge >= 0.3 is 5.97 Å². The van der Waals surface area contributed by atoms with Crippen LogP contribution in [0.15, 0.2) is 35.6 Å². The number of piperazine rings is 1. The molecule has 0 N–H and O–H groups in total. The summed E-state index contributed by atoms with van der Waals surface area (Å²) >= 11 is 0. The van der Waals surface area contributed by atoms with Crippen LogP contribution < -0.4 is 0 Å². The van der Waals surface area contributed by atoms with Crippen molar-refractivity contribution in [2.45, 2.75) is 32.5 Å². The van der Waals surface area contributed by atoms with E-state index in [1.165, 1.54) is 5.57 Å². The monoisotopic (exact) mass is 439 g/mol. The minimum atomic E-state index is -1.08. The minimum Gasteiger partial charge on any atom is -0.500 e. The maximum Gasteiger partial charge on any atom is 0.338 e. The lowest BCUT2D eigenvalue weighted by Gasteiger charge is -2.35. The minimum absolute atomic E-state index is 0.178. The average molecular weight is 440 g/mol. The van der Waals surface area contributed by atoms with Gasteiger partial charge in [0, 0.05) is 44.8 Å². The Bertz CT molecular complexity index is 973. The summed E-state index contributed by atoms with van der Waals surface area (Å²) in [6, 6.07) is 5.70. The number of esters is 1. The number of halogens is 1. The predicted molar refractivity (Wildman–Crippen MR) is 119 cm³/mol. The predicted octanol–water partition coefficient (Wildman–Crippen LogP) is 3.68. The Balaban J connectivity index is 1.25. The van der Waals surface area contributed by atoms with E-state index in [1.807, 2.05) is 13.0 Å². The molecule has 2 heterocycles. The van der Waals surface area contributed by atoms with Crippen molar-refractivity contribution in [3.8, 4) is 6.07 Å². The van der Waals surface area contributed by atoms with Gasteiger partial charge in [-0.25, -0.2) is 9.18 Å². The molecule has 1 saturated heterocycles. The first-order valence-corrected chi connectivity index (χ1v) is 11.2. The molecule has 32 heavy (non-hydrogen) atoms. The van der Waals surface area contributed by atoms with Gasteiger partial charge in [0.15, 0.2) is 0 Å². The number of carbonyl (C=O) groups is 1. The van der Waals surface area contributed by atoms with Crippen molar-refractivity contribution in [1.82, 2.24) is 9.80 Å². The fraction of sp³-hybridized carbons (Fsp3) is 0.520. The van der Waals surface area contributed by atoms with Crippen LogP contribution in [0.2, 0.25) is 0 Å². The maximum absolute atomic E-state index is 15.1. The molecule has 0 spiro atoms. The Morgan fingerprint density at radius 2 is 2.03 bits per heavy atom. The third-order valence-electron chi connectivity index (χ3n) is 6.82. The Kier molecular flexibility index (Phi) is 6.92. The van der Waals surface area contributed by atoms with Gasteiger partial charge in [-0.15, -0.1) is 0 Å². The van der Waals surface area contributed by atoms with Crippen molar-refractivity contribution in [3.05, 3.63) is 57.9 Å². The van der Waals surface area contributed by atoms with E-state index in [9.17, 15) is 10.1 Å². The summed E-state index contributed by atoms with van der Waals surface area (Å²) in [5, 5.41) is 9.18. The van der Waals surface area contributed by atoms with Crippen LogP contribution in [-0.4, -0.2) is 62.1 Å². The van der Waals surface area contributed by atoms with Crippen molar-refractivity contribution >= 4 is 5.97 Å². The van der Waals surface area contributed by atoms with Crippen molar-refractivity contribution in [2.24, 2.45) is 5.92 Å². The van der Waals surface area contributed by atoms with E-state index in [0.29, 0.717) is 24.1 Å².